The Morgan fingerprint density at radius 1 is 1.22 bits per heavy atom. The highest BCUT2D eigenvalue weighted by Crippen LogP contribution is 2.41. The molecule has 3 unspecified atom stereocenters. The molecule has 3 atom stereocenters. The van der Waals surface area contributed by atoms with Gasteiger partial charge < -0.3 is 19.5 Å². The van der Waals surface area contributed by atoms with Crippen molar-refractivity contribution in [1.29, 1.82) is 0 Å². The Bertz CT molecular complexity index is 961. The van der Waals surface area contributed by atoms with Gasteiger partial charge in [0.05, 0.1) is 25.0 Å². The van der Waals surface area contributed by atoms with Crippen molar-refractivity contribution in [3.63, 3.8) is 0 Å². The molecule has 2 aromatic rings. The number of nitrogens with zero attached hydrogens (tertiary/aromatic N) is 1. The van der Waals surface area contributed by atoms with Crippen molar-refractivity contribution >= 4 is 23.3 Å². The van der Waals surface area contributed by atoms with Gasteiger partial charge in [0.25, 0.3) is 0 Å². The van der Waals surface area contributed by atoms with Crippen LogP contribution in [0.15, 0.2) is 36.4 Å². The minimum atomic E-state index is -0.353. The SMILES string of the molecule is CCCc1cc(Cl)ccc1C1COc2ccc(C(=O)OC)cc2N(CC2CCC2CO)C1. The molecular weight excluding hydrogens is 426 g/mol. The van der Waals surface area contributed by atoms with E-state index in [4.69, 9.17) is 21.1 Å². The maximum atomic E-state index is 12.2. The summed E-state index contributed by atoms with van der Waals surface area (Å²) in [6.45, 7) is 4.58. The van der Waals surface area contributed by atoms with Crippen LogP contribution in [-0.4, -0.2) is 44.5 Å². The van der Waals surface area contributed by atoms with E-state index in [1.807, 2.05) is 18.2 Å². The van der Waals surface area contributed by atoms with Crippen LogP contribution in [0.3, 0.4) is 0 Å². The summed E-state index contributed by atoms with van der Waals surface area (Å²) in [5, 5.41) is 10.5. The molecule has 0 amide bonds. The molecule has 1 fully saturated rings. The first kappa shape index (κ1) is 22.9. The molecule has 2 aliphatic rings. The molecule has 1 aliphatic carbocycles. The third kappa shape index (κ3) is 4.74. The number of hydrogen-bond donors (Lipinski definition) is 1. The average molecular weight is 458 g/mol. The van der Waals surface area contributed by atoms with Crippen molar-refractivity contribution in [2.45, 2.75) is 38.5 Å². The van der Waals surface area contributed by atoms with Gasteiger partial charge >= 0.3 is 5.97 Å². The Hall–Kier alpha value is -2.24. The maximum absolute atomic E-state index is 12.2. The number of carbonyl (C=O) groups is 1. The van der Waals surface area contributed by atoms with E-state index < -0.39 is 0 Å². The second-order valence-corrected chi connectivity index (χ2v) is 9.40. The summed E-state index contributed by atoms with van der Waals surface area (Å²) in [7, 11) is 1.40. The van der Waals surface area contributed by atoms with Gasteiger partial charge in [0.1, 0.15) is 5.75 Å². The van der Waals surface area contributed by atoms with Gasteiger partial charge in [-0.2, -0.15) is 0 Å². The number of rotatable bonds is 7. The normalized spacial score (nSPS) is 22.4. The largest absolute Gasteiger partial charge is 0.491 e. The number of aryl methyl sites for hydroxylation is 1. The fourth-order valence-electron chi connectivity index (χ4n) is 4.96. The zero-order valence-electron chi connectivity index (χ0n) is 18.9. The lowest BCUT2D eigenvalue weighted by Gasteiger charge is -2.40. The number of hydrogen-bond acceptors (Lipinski definition) is 5. The summed E-state index contributed by atoms with van der Waals surface area (Å²) in [6.07, 6.45) is 4.21. The molecule has 0 radical (unpaired) electrons. The van der Waals surface area contributed by atoms with E-state index in [-0.39, 0.29) is 18.5 Å². The smallest absolute Gasteiger partial charge is 0.337 e. The highest BCUT2D eigenvalue weighted by Gasteiger charge is 2.34. The molecule has 1 saturated carbocycles. The highest BCUT2D eigenvalue weighted by molar-refractivity contribution is 6.30. The van der Waals surface area contributed by atoms with Crippen molar-refractivity contribution in [2.24, 2.45) is 11.8 Å². The number of fused-ring (bicyclic) bond motifs is 1. The first-order valence-electron chi connectivity index (χ1n) is 11.5. The second-order valence-electron chi connectivity index (χ2n) is 8.96. The molecule has 1 aliphatic heterocycles. The number of methoxy groups -OCH3 is 1. The summed E-state index contributed by atoms with van der Waals surface area (Å²) in [4.78, 5) is 14.5. The van der Waals surface area contributed by atoms with Crippen LogP contribution in [0.2, 0.25) is 5.02 Å². The fraction of sp³-hybridized carbons (Fsp3) is 0.500. The number of aliphatic hydroxyl groups is 1. The number of carbonyl (C=O) groups excluding carboxylic acids is 1. The quantitative estimate of drug-likeness (QED) is 0.587. The van der Waals surface area contributed by atoms with Crippen LogP contribution >= 0.6 is 11.6 Å². The van der Waals surface area contributed by atoms with Gasteiger partial charge in [-0.15, -0.1) is 0 Å². The number of halogens is 1. The van der Waals surface area contributed by atoms with E-state index in [0.717, 1.165) is 55.2 Å². The third-order valence-electron chi connectivity index (χ3n) is 6.93. The predicted octanol–water partition coefficient (Wildman–Crippen LogP) is 5.08. The highest BCUT2D eigenvalue weighted by atomic mass is 35.5. The molecule has 1 N–H and O–H groups in total. The lowest BCUT2D eigenvalue weighted by Crippen LogP contribution is -2.41. The van der Waals surface area contributed by atoms with Crippen molar-refractivity contribution in [3.8, 4) is 5.75 Å². The van der Waals surface area contributed by atoms with Crippen LogP contribution in [0.4, 0.5) is 5.69 Å². The summed E-state index contributed by atoms with van der Waals surface area (Å²) in [5.74, 6) is 1.39. The van der Waals surface area contributed by atoms with Crippen LogP contribution in [0.1, 0.15) is 53.6 Å². The molecule has 1 heterocycles. The first-order valence-corrected chi connectivity index (χ1v) is 11.9. The second kappa shape index (κ2) is 10.1. The first-order chi connectivity index (χ1) is 15.5. The monoisotopic (exact) mass is 457 g/mol. The zero-order valence-corrected chi connectivity index (χ0v) is 19.6. The molecule has 0 aromatic heterocycles. The van der Waals surface area contributed by atoms with Crippen LogP contribution in [0.5, 0.6) is 5.75 Å². The van der Waals surface area contributed by atoms with E-state index in [0.29, 0.717) is 24.0 Å². The summed E-state index contributed by atoms with van der Waals surface area (Å²) in [6, 6.07) is 11.7. The Labute approximate surface area is 195 Å². The molecule has 0 bridgehead atoms. The maximum Gasteiger partial charge on any atom is 0.337 e. The Balaban J connectivity index is 1.69. The van der Waals surface area contributed by atoms with Gasteiger partial charge in [-0.1, -0.05) is 31.0 Å². The van der Waals surface area contributed by atoms with Crippen molar-refractivity contribution in [2.75, 3.05) is 38.3 Å². The molecule has 172 valence electrons. The molecule has 0 spiro atoms. The van der Waals surface area contributed by atoms with Crippen LogP contribution < -0.4 is 9.64 Å². The topological polar surface area (TPSA) is 59.0 Å². The Kier molecular flexibility index (Phi) is 7.27. The van der Waals surface area contributed by atoms with E-state index in [1.165, 1.54) is 18.2 Å². The van der Waals surface area contributed by atoms with Gasteiger partial charge in [0.15, 0.2) is 0 Å². The predicted molar refractivity (Wildman–Crippen MR) is 127 cm³/mol. The van der Waals surface area contributed by atoms with Gasteiger partial charge in [0.2, 0.25) is 0 Å². The van der Waals surface area contributed by atoms with Crippen molar-refractivity contribution < 1.29 is 19.4 Å². The summed E-state index contributed by atoms with van der Waals surface area (Å²) < 4.78 is 11.2. The minimum Gasteiger partial charge on any atom is -0.491 e. The number of esters is 1. The van der Waals surface area contributed by atoms with Crippen LogP contribution in [0.25, 0.3) is 0 Å². The molecule has 32 heavy (non-hydrogen) atoms. The van der Waals surface area contributed by atoms with E-state index in [2.05, 4.69) is 24.0 Å². The lowest BCUT2D eigenvalue weighted by atomic mass is 9.73. The molecule has 6 heteroatoms. The van der Waals surface area contributed by atoms with Crippen molar-refractivity contribution in [1.82, 2.24) is 0 Å². The number of benzene rings is 2. The number of aliphatic hydroxyl groups excluding tert-OH is 1. The number of ether oxygens (including phenoxy) is 2. The molecule has 4 rings (SSSR count). The van der Waals surface area contributed by atoms with Gasteiger partial charge in [-0.05, 0) is 72.6 Å². The minimum absolute atomic E-state index is 0.176. The van der Waals surface area contributed by atoms with Crippen LogP contribution in [-0.2, 0) is 11.2 Å². The number of anilines is 1. The van der Waals surface area contributed by atoms with E-state index in [9.17, 15) is 9.90 Å². The van der Waals surface area contributed by atoms with Crippen molar-refractivity contribution in [3.05, 3.63) is 58.1 Å². The van der Waals surface area contributed by atoms with E-state index >= 15 is 0 Å². The molecular formula is C26H32ClNO4. The molecule has 0 saturated heterocycles. The zero-order chi connectivity index (χ0) is 22.7. The van der Waals surface area contributed by atoms with Gasteiger partial charge in [-0.25, -0.2) is 4.79 Å². The average Bonchev–Trinajstić information content (AvgIpc) is 2.96. The summed E-state index contributed by atoms with van der Waals surface area (Å²) in [5.41, 5.74) is 3.98. The molecule has 2 aromatic carbocycles. The Morgan fingerprint density at radius 2 is 2.03 bits per heavy atom. The Morgan fingerprint density at radius 3 is 2.72 bits per heavy atom. The summed E-state index contributed by atoms with van der Waals surface area (Å²) >= 11 is 6.30. The van der Waals surface area contributed by atoms with Gasteiger partial charge in [-0.3, -0.25) is 0 Å². The standard InChI is InChI=1S/C26H32ClNO4/c1-3-4-17-11-22(27)8-9-23(17)21-14-28(13-19-5-6-20(19)15-29)24-12-18(26(30)31-2)7-10-25(24)32-16-21/h7-12,19-21,29H,3-6,13-16H2,1-2H3. The fourth-order valence-corrected chi connectivity index (χ4v) is 5.15. The lowest BCUT2D eigenvalue weighted by molar-refractivity contribution is 0.0600. The van der Waals surface area contributed by atoms with Crippen LogP contribution in [0, 0.1) is 11.8 Å². The van der Waals surface area contributed by atoms with Gasteiger partial charge in [0, 0.05) is 30.6 Å². The third-order valence-corrected chi connectivity index (χ3v) is 7.17. The van der Waals surface area contributed by atoms with E-state index in [1.54, 1.807) is 6.07 Å². The molecule has 5 nitrogen and oxygen atoms in total.